The van der Waals surface area contributed by atoms with Gasteiger partial charge in [0.1, 0.15) is 24.3 Å². The fraction of sp³-hybridized carbons (Fsp3) is 0.522. The van der Waals surface area contributed by atoms with E-state index < -0.39 is 12.1 Å². The van der Waals surface area contributed by atoms with Gasteiger partial charge >= 0.3 is 5.97 Å². The highest BCUT2D eigenvalue weighted by molar-refractivity contribution is 6.22. The first-order valence-corrected chi connectivity index (χ1v) is 10.9. The molecule has 1 aliphatic heterocycles. The standard InChI is InChI=1S/C23H29ClFNO5/c1-29-23(28)21-12-17(24)5-8-22(21)31-15-19(27)13-26-9-2-10-30-20(14-26)11-16-3-6-18(25)7-4-16/h3-4,6-8,12,17,19-20,27H,2,5,9-11,13-15H2,1H3/t17?,19-,20?/m0/s1. The van der Waals surface area contributed by atoms with E-state index in [4.69, 9.17) is 25.8 Å². The minimum atomic E-state index is -0.738. The van der Waals surface area contributed by atoms with Gasteiger partial charge in [0.25, 0.3) is 0 Å². The van der Waals surface area contributed by atoms with Gasteiger partial charge in [-0.1, -0.05) is 12.1 Å². The second kappa shape index (κ2) is 11.6. The minimum Gasteiger partial charge on any atom is -0.490 e. The second-order valence-corrected chi connectivity index (χ2v) is 8.35. The van der Waals surface area contributed by atoms with Crippen molar-refractivity contribution in [2.45, 2.75) is 36.8 Å². The molecule has 0 amide bonds. The predicted octanol–water partition coefficient (Wildman–Crippen LogP) is 2.83. The molecule has 8 heteroatoms. The van der Waals surface area contributed by atoms with E-state index in [2.05, 4.69) is 4.90 Å². The van der Waals surface area contributed by atoms with Crippen LogP contribution in [0.5, 0.6) is 0 Å². The molecule has 1 heterocycles. The largest absolute Gasteiger partial charge is 0.490 e. The lowest BCUT2D eigenvalue weighted by Gasteiger charge is -2.26. The van der Waals surface area contributed by atoms with E-state index in [1.165, 1.54) is 19.2 Å². The lowest BCUT2D eigenvalue weighted by molar-refractivity contribution is -0.136. The number of hydrogen-bond acceptors (Lipinski definition) is 6. The lowest BCUT2D eigenvalue weighted by atomic mass is 10.0. The maximum atomic E-state index is 13.1. The smallest absolute Gasteiger partial charge is 0.341 e. The Labute approximate surface area is 187 Å². The molecule has 3 rings (SSSR count). The Morgan fingerprint density at radius 2 is 2.16 bits per heavy atom. The fourth-order valence-corrected chi connectivity index (χ4v) is 3.97. The minimum absolute atomic E-state index is 0.0309. The monoisotopic (exact) mass is 453 g/mol. The summed E-state index contributed by atoms with van der Waals surface area (Å²) in [5.41, 5.74) is 1.30. The first-order chi connectivity index (χ1) is 14.9. The number of rotatable bonds is 8. The van der Waals surface area contributed by atoms with Gasteiger partial charge in [-0.3, -0.25) is 4.90 Å². The molecule has 1 N–H and O–H groups in total. The number of halogens is 2. The summed E-state index contributed by atoms with van der Waals surface area (Å²) in [6.45, 7) is 2.59. The van der Waals surface area contributed by atoms with E-state index in [0.717, 1.165) is 18.5 Å². The van der Waals surface area contributed by atoms with Gasteiger partial charge in [-0.2, -0.15) is 0 Å². The quantitative estimate of drug-likeness (QED) is 0.482. The van der Waals surface area contributed by atoms with Crippen LogP contribution < -0.4 is 0 Å². The van der Waals surface area contributed by atoms with Gasteiger partial charge in [0, 0.05) is 26.2 Å². The number of benzene rings is 1. The molecule has 31 heavy (non-hydrogen) atoms. The van der Waals surface area contributed by atoms with Gasteiger partial charge in [0.05, 0.1) is 24.2 Å². The summed E-state index contributed by atoms with van der Waals surface area (Å²) in [6, 6.07) is 6.45. The van der Waals surface area contributed by atoms with Crippen molar-refractivity contribution in [3.8, 4) is 0 Å². The third-order valence-electron chi connectivity index (χ3n) is 5.26. The molecule has 2 aliphatic rings. The van der Waals surface area contributed by atoms with E-state index >= 15 is 0 Å². The topological polar surface area (TPSA) is 68.2 Å². The number of carbonyl (C=O) groups is 1. The normalized spacial score (nSPS) is 23.4. The van der Waals surface area contributed by atoms with Crippen LogP contribution in [0.1, 0.15) is 18.4 Å². The molecular formula is C23H29ClFNO5. The molecule has 3 atom stereocenters. The number of β-amino-alcohol motifs (C(OH)–C–C–N with tert-alkyl or cyclic N) is 1. The van der Waals surface area contributed by atoms with Crippen molar-refractivity contribution in [3.63, 3.8) is 0 Å². The summed E-state index contributed by atoms with van der Waals surface area (Å²) in [7, 11) is 1.30. The molecule has 2 unspecified atom stereocenters. The van der Waals surface area contributed by atoms with E-state index in [1.54, 1.807) is 24.3 Å². The first-order valence-electron chi connectivity index (χ1n) is 10.5. The number of aliphatic hydroxyl groups is 1. The zero-order valence-electron chi connectivity index (χ0n) is 17.6. The van der Waals surface area contributed by atoms with Crippen molar-refractivity contribution >= 4 is 17.6 Å². The van der Waals surface area contributed by atoms with Crippen LogP contribution in [0.25, 0.3) is 0 Å². The molecule has 1 aliphatic carbocycles. The third kappa shape index (κ3) is 7.31. The Kier molecular flexibility index (Phi) is 8.90. The van der Waals surface area contributed by atoms with E-state index in [1.807, 2.05) is 0 Å². The highest BCUT2D eigenvalue weighted by Crippen LogP contribution is 2.24. The van der Waals surface area contributed by atoms with Gasteiger partial charge in [-0.25, -0.2) is 9.18 Å². The van der Waals surface area contributed by atoms with E-state index in [-0.39, 0.29) is 29.5 Å². The number of ether oxygens (including phenoxy) is 3. The summed E-state index contributed by atoms with van der Waals surface area (Å²) in [5, 5.41) is 10.2. The summed E-state index contributed by atoms with van der Waals surface area (Å²) in [4.78, 5) is 14.1. The highest BCUT2D eigenvalue weighted by Gasteiger charge is 2.25. The number of aliphatic hydroxyl groups excluding tert-OH is 1. The van der Waals surface area contributed by atoms with Crippen LogP contribution in [0.4, 0.5) is 4.39 Å². The summed E-state index contributed by atoms with van der Waals surface area (Å²) in [5.74, 6) is -0.384. The SMILES string of the molecule is COC(=O)C1=CC(Cl)CC=C1OC[C@@H](O)CN1CCCOC(Cc2ccc(F)cc2)C1. The van der Waals surface area contributed by atoms with Crippen LogP contribution in [-0.2, 0) is 25.4 Å². The predicted molar refractivity (Wildman–Crippen MR) is 115 cm³/mol. The van der Waals surface area contributed by atoms with Gasteiger partial charge < -0.3 is 19.3 Å². The number of hydrogen-bond donors (Lipinski definition) is 1. The lowest BCUT2D eigenvalue weighted by Crippen LogP contribution is -2.39. The van der Waals surface area contributed by atoms with Crippen molar-refractivity contribution in [3.05, 3.63) is 59.1 Å². The Bertz CT molecular complexity index is 798. The van der Waals surface area contributed by atoms with Gasteiger partial charge in [-0.15, -0.1) is 11.6 Å². The number of alkyl halides is 1. The number of esters is 1. The van der Waals surface area contributed by atoms with E-state index in [9.17, 15) is 14.3 Å². The maximum absolute atomic E-state index is 13.1. The number of methoxy groups -OCH3 is 1. The van der Waals surface area contributed by atoms with Crippen molar-refractivity contribution in [2.75, 3.05) is 40.0 Å². The van der Waals surface area contributed by atoms with Gasteiger partial charge in [-0.05, 0) is 49.1 Å². The average molecular weight is 454 g/mol. The van der Waals surface area contributed by atoms with Crippen LogP contribution in [0.2, 0.25) is 0 Å². The highest BCUT2D eigenvalue weighted by atomic mass is 35.5. The van der Waals surface area contributed by atoms with Gasteiger partial charge in [0.2, 0.25) is 0 Å². The molecule has 6 nitrogen and oxygen atoms in total. The average Bonchev–Trinajstić information content (AvgIpc) is 2.98. The van der Waals surface area contributed by atoms with Crippen LogP contribution in [0, 0.1) is 5.82 Å². The van der Waals surface area contributed by atoms with Crippen molar-refractivity contribution in [1.29, 1.82) is 0 Å². The molecule has 170 valence electrons. The molecular weight excluding hydrogens is 425 g/mol. The van der Waals surface area contributed by atoms with Crippen molar-refractivity contribution in [1.82, 2.24) is 4.90 Å². The van der Waals surface area contributed by atoms with Crippen LogP contribution in [0.15, 0.2) is 47.7 Å². The van der Waals surface area contributed by atoms with Gasteiger partial charge in [0.15, 0.2) is 0 Å². The second-order valence-electron chi connectivity index (χ2n) is 7.79. The Hall–Kier alpha value is -1.93. The molecule has 1 aromatic carbocycles. The molecule has 0 bridgehead atoms. The molecule has 0 spiro atoms. The molecule has 0 aromatic heterocycles. The summed E-state index contributed by atoms with van der Waals surface area (Å²) in [6.07, 6.45) is 4.68. The number of carbonyl (C=O) groups excluding carboxylic acids is 1. The zero-order chi connectivity index (χ0) is 22.2. The van der Waals surface area contributed by atoms with Crippen LogP contribution in [-0.4, -0.2) is 73.5 Å². The van der Waals surface area contributed by atoms with Crippen molar-refractivity contribution in [2.24, 2.45) is 0 Å². The Balaban J connectivity index is 1.50. The first kappa shape index (κ1) is 23.7. The van der Waals surface area contributed by atoms with E-state index in [0.29, 0.717) is 38.3 Å². The molecule has 1 fully saturated rings. The molecule has 0 saturated carbocycles. The Morgan fingerprint density at radius 1 is 1.39 bits per heavy atom. The Morgan fingerprint density at radius 3 is 2.90 bits per heavy atom. The van der Waals surface area contributed by atoms with Crippen LogP contribution in [0.3, 0.4) is 0 Å². The maximum Gasteiger partial charge on any atom is 0.341 e. The molecule has 1 aromatic rings. The molecule has 0 radical (unpaired) electrons. The fourth-order valence-electron chi connectivity index (χ4n) is 3.76. The molecule has 1 saturated heterocycles. The van der Waals surface area contributed by atoms with Crippen LogP contribution >= 0.6 is 11.6 Å². The summed E-state index contributed by atoms with van der Waals surface area (Å²) >= 11 is 6.09. The zero-order valence-corrected chi connectivity index (χ0v) is 18.4. The number of nitrogens with zero attached hydrogens (tertiary/aromatic N) is 1. The van der Waals surface area contributed by atoms with Crippen molar-refractivity contribution < 1.29 is 28.5 Å². The third-order valence-corrected chi connectivity index (χ3v) is 5.56. The number of allylic oxidation sites excluding steroid dienone is 2. The summed E-state index contributed by atoms with van der Waals surface area (Å²) < 4.78 is 29.6.